The van der Waals surface area contributed by atoms with Crippen molar-refractivity contribution in [2.45, 2.75) is 31.3 Å². The number of nitrogens with one attached hydrogen (secondary N) is 2. The van der Waals surface area contributed by atoms with Crippen molar-refractivity contribution >= 4 is 25.6 Å². The van der Waals surface area contributed by atoms with Gasteiger partial charge in [0.05, 0.1) is 0 Å². The lowest BCUT2D eigenvalue weighted by Gasteiger charge is -2.23. The minimum atomic E-state index is -4.27. The van der Waals surface area contributed by atoms with E-state index >= 15 is 0 Å². The van der Waals surface area contributed by atoms with E-state index < -0.39 is 44.1 Å². The Morgan fingerprint density at radius 3 is 2.27 bits per heavy atom. The number of carboxylic acid groups (broad SMARTS) is 2. The van der Waals surface area contributed by atoms with Crippen molar-refractivity contribution in [1.82, 2.24) is 10.4 Å². The number of hydrogen-bond donors (Lipinski definition) is 5. The molecule has 11 heteroatoms. The number of carbonyl (C=O) groups excluding carboxylic acids is 1. The van der Waals surface area contributed by atoms with E-state index in [1.54, 1.807) is 30.3 Å². The number of rotatable bonds is 11. The fourth-order valence-electron chi connectivity index (χ4n) is 2.09. The Hall–Kier alpha value is -2.26. The quantitative estimate of drug-likeness (QED) is 0.337. The predicted molar refractivity (Wildman–Crippen MR) is 90.3 cm³/mol. The molecule has 0 fully saturated rings. The lowest BCUT2D eigenvalue weighted by Crippen LogP contribution is -2.50. The highest BCUT2D eigenvalue weighted by Crippen LogP contribution is 2.36. The van der Waals surface area contributed by atoms with E-state index in [9.17, 15) is 23.8 Å². The molecule has 0 bridgehead atoms. The van der Waals surface area contributed by atoms with Gasteiger partial charge in [0, 0.05) is 13.5 Å². The summed E-state index contributed by atoms with van der Waals surface area (Å²) in [4.78, 5) is 43.8. The summed E-state index contributed by atoms with van der Waals surface area (Å²) in [7, 11) is -3.29. The van der Waals surface area contributed by atoms with Crippen molar-refractivity contribution in [1.29, 1.82) is 0 Å². The van der Waals surface area contributed by atoms with Gasteiger partial charge < -0.3 is 24.9 Å². The van der Waals surface area contributed by atoms with E-state index in [4.69, 9.17) is 10.2 Å². The lowest BCUT2D eigenvalue weighted by molar-refractivity contribution is -0.143. The zero-order chi connectivity index (χ0) is 19.7. The third-order valence-electron chi connectivity index (χ3n) is 3.43. The smallest absolute Gasteiger partial charge is 0.403 e. The molecule has 0 heterocycles. The highest BCUT2D eigenvalue weighted by Gasteiger charge is 2.31. The summed E-state index contributed by atoms with van der Waals surface area (Å²) < 4.78 is 16.2. The first-order chi connectivity index (χ1) is 12.1. The van der Waals surface area contributed by atoms with Gasteiger partial charge in [0.2, 0.25) is 5.91 Å². The van der Waals surface area contributed by atoms with E-state index in [1.165, 1.54) is 0 Å². The third-order valence-corrected chi connectivity index (χ3v) is 4.56. The maximum Gasteiger partial charge on any atom is 0.403 e. The molecular formula is C15H21N2O8P. The number of carbonyl (C=O) groups is 3. The molecule has 0 aromatic heterocycles. The maximum absolute atomic E-state index is 12.4. The van der Waals surface area contributed by atoms with Crippen LogP contribution in [-0.4, -0.2) is 52.1 Å². The minimum absolute atomic E-state index is 0.00808. The van der Waals surface area contributed by atoms with Crippen LogP contribution >= 0.6 is 7.75 Å². The average Bonchev–Trinajstić information content (AvgIpc) is 2.58. The van der Waals surface area contributed by atoms with Gasteiger partial charge in [0.25, 0.3) is 0 Å². The van der Waals surface area contributed by atoms with E-state index in [2.05, 4.69) is 14.9 Å². The van der Waals surface area contributed by atoms with Gasteiger partial charge in [-0.15, -0.1) is 0 Å². The van der Waals surface area contributed by atoms with Crippen LogP contribution in [0.25, 0.3) is 0 Å². The first-order valence-electron chi connectivity index (χ1n) is 7.60. The van der Waals surface area contributed by atoms with Crippen LogP contribution in [0.1, 0.15) is 18.4 Å². The van der Waals surface area contributed by atoms with Crippen LogP contribution in [0.5, 0.6) is 0 Å². The van der Waals surface area contributed by atoms with Crippen molar-refractivity contribution in [3.05, 3.63) is 35.9 Å². The highest BCUT2D eigenvalue weighted by atomic mass is 31.2. The Balaban J connectivity index is 2.92. The molecule has 1 amide bonds. The summed E-state index contributed by atoms with van der Waals surface area (Å²) in [5.74, 6) is -3.47. The first kappa shape index (κ1) is 21.8. The monoisotopic (exact) mass is 388 g/mol. The molecular weight excluding hydrogens is 367 g/mol. The summed E-state index contributed by atoms with van der Waals surface area (Å²) in [5.41, 5.74) is 0.661. The molecule has 0 saturated heterocycles. The molecule has 0 aliphatic heterocycles. The molecule has 5 N–H and O–H groups in total. The summed E-state index contributed by atoms with van der Waals surface area (Å²) >= 11 is 0. The van der Waals surface area contributed by atoms with E-state index in [1.807, 2.05) is 0 Å². The van der Waals surface area contributed by atoms with E-state index in [0.717, 1.165) is 7.11 Å². The number of hydrogen-bond acceptors (Lipinski definition) is 5. The topological polar surface area (TPSA) is 162 Å². The Morgan fingerprint density at radius 1 is 1.15 bits per heavy atom. The van der Waals surface area contributed by atoms with Gasteiger partial charge in [-0.2, -0.15) is 0 Å². The van der Waals surface area contributed by atoms with Crippen LogP contribution in [0.15, 0.2) is 30.3 Å². The van der Waals surface area contributed by atoms with Crippen LogP contribution < -0.4 is 10.4 Å². The molecule has 0 aliphatic carbocycles. The predicted octanol–water partition coefficient (Wildman–Crippen LogP) is 0.368. The molecule has 1 rings (SSSR count). The second-order valence-electron chi connectivity index (χ2n) is 5.41. The number of amides is 1. The Kier molecular flexibility index (Phi) is 8.40. The summed E-state index contributed by atoms with van der Waals surface area (Å²) in [6, 6.07) is 5.86. The van der Waals surface area contributed by atoms with E-state index in [0.29, 0.717) is 5.56 Å². The van der Waals surface area contributed by atoms with Crippen molar-refractivity contribution in [3.63, 3.8) is 0 Å². The Morgan fingerprint density at radius 2 is 1.77 bits per heavy atom. The second-order valence-corrected chi connectivity index (χ2v) is 7.07. The normalized spacial score (nSPS) is 15.5. The van der Waals surface area contributed by atoms with E-state index in [-0.39, 0.29) is 12.8 Å². The van der Waals surface area contributed by atoms with Crippen molar-refractivity contribution < 1.29 is 38.6 Å². The van der Waals surface area contributed by atoms with Crippen LogP contribution in [0.4, 0.5) is 0 Å². The standard InChI is InChI=1S/C15H21N2O8P/c1-25-26(23,24)17-12(9-10-5-3-2-4-6-10)14(20)16-11(15(21)22)7-8-13(18)19/h2-6,11-12H,7-9H2,1H3,(H,16,20)(H,18,19)(H,21,22)(H2,17,23,24)/t11-,12-/m0/s1. The van der Waals surface area contributed by atoms with Gasteiger partial charge >= 0.3 is 19.7 Å². The van der Waals surface area contributed by atoms with Gasteiger partial charge in [0.1, 0.15) is 12.1 Å². The molecule has 0 saturated carbocycles. The molecule has 0 radical (unpaired) electrons. The maximum atomic E-state index is 12.4. The Labute approximate surface area is 149 Å². The number of benzene rings is 1. The largest absolute Gasteiger partial charge is 0.481 e. The zero-order valence-electron chi connectivity index (χ0n) is 14.0. The fourth-order valence-corrected chi connectivity index (χ4v) is 2.80. The van der Waals surface area contributed by atoms with Gasteiger partial charge in [-0.1, -0.05) is 30.3 Å². The van der Waals surface area contributed by atoms with Crippen molar-refractivity contribution in [2.24, 2.45) is 0 Å². The zero-order valence-corrected chi connectivity index (χ0v) is 14.9. The number of aliphatic carboxylic acids is 2. The molecule has 3 atom stereocenters. The summed E-state index contributed by atoms with van der Waals surface area (Å²) in [5, 5.41) is 22.1. The van der Waals surface area contributed by atoms with Crippen molar-refractivity contribution in [2.75, 3.05) is 7.11 Å². The van der Waals surface area contributed by atoms with Crippen molar-refractivity contribution in [3.8, 4) is 0 Å². The molecule has 10 nitrogen and oxygen atoms in total. The lowest BCUT2D eigenvalue weighted by atomic mass is 10.1. The van der Waals surface area contributed by atoms with Crippen LogP contribution in [0, 0.1) is 0 Å². The Bertz CT molecular complexity index is 681. The molecule has 144 valence electrons. The molecule has 0 spiro atoms. The van der Waals surface area contributed by atoms with Gasteiger partial charge in [-0.3, -0.25) is 9.59 Å². The fraction of sp³-hybridized carbons (Fsp3) is 0.400. The molecule has 1 unspecified atom stereocenters. The van der Waals surface area contributed by atoms with Gasteiger partial charge in [-0.05, 0) is 18.4 Å². The van der Waals surface area contributed by atoms with Gasteiger partial charge in [0.15, 0.2) is 0 Å². The van der Waals surface area contributed by atoms with Crippen LogP contribution in [0.2, 0.25) is 0 Å². The van der Waals surface area contributed by atoms with Crippen LogP contribution in [0.3, 0.4) is 0 Å². The summed E-state index contributed by atoms with van der Waals surface area (Å²) in [6.45, 7) is 0. The first-order valence-corrected chi connectivity index (χ1v) is 9.17. The molecule has 1 aromatic carbocycles. The highest BCUT2D eigenvalue weighted by molar-refractivity contribution is 7.50. The van der Waals surface area contributed by atoms with Gasteiger partial charge in [-0.25, -0.2) is 14.4 Å². The molecule has 1 aromatic rings. The number of carboxylic acids is 2. The summed E-state index contributed by atoms with van der Waals surface area (Å²) in [6.07, 6.45) is -0.786. The molecule has 26 heavy (non-hydrogen) atoms. The second kappa shape index (κ2) is 10.0. The third kappa shape index (κ3) is 7.75. The SMILES string of the molecule is COP(=O)(O)N[C@@H](Cc1ccccc1)C(=O)N[C@@H](CCC(=O)O)C(=O)O. The minimum Gasteiger partial charge on any atom is -0.481 e. The molecule has 0 aliphatic rings. The average molecular weight is 388 g/mol. The van der Waals surface area contributed by atoms with Crippen LogP contribution in [-0.2, 0) is 29.9 Å².